The van der Waals surface area contributed by atoms with Crippen molar-refractivity contribution in [3.05, 3.63) is 22.9 Å². The van der Waals surface area contributed by atoms with E-state index in [0.29, 0.717) is 5.88 Å². The second kappa shape index (κ2) is 4.02. The molecule has 1 aromatic heterocycles. The summed E-state index contributed by atoms with van der Waals surface area (Å²) >= 11 is 0. The van der Waals surface area contributed by atoms with E-state index < -0.39 is 5.97 Å². The van der Waals surface area contributed by atoms with E-state index in [9.17, 15) is 9.90 Å². The summed E-state index contributed by atoms with van der Waals surface area (Å²) in [5.41, 5.74) is 2.31. The predicted molar refractivity (Wildman–Crippen MR) is 61.5 cm³/mol. The highest BCUT2D eigenvalue weighted by atomic mass is 16.5. The summed E-state index contributed by atoms with van der Waals surface area (Å²) in [6.07, 6.45) is 6.30. The van der Waals surface area contributed by atoms with E-state index in [2.05, 4.69) is 4.98 Å². The van der Waals surface area contributed by atoms with Crippen molar-refractivity contribution in [2.24, 2.45) is 0 Å². The van der Waals surface area contributed by atoms with Crippen LogP contribution in [0.15, 0.2) is 6.07 Å². The van der Waals surface area contributed by atoms with Crippen molar-refractivity contribution >= 4 is 5.97 Å². The van der Waals surface area contributed by atoms with Crippen molar-refractivity contribution in [2.45, 2.75) is 44.6 Å². The van der Waals surface area contributed by atoms with Crippen molar-refractivity contribution in [3.63, 3.8) is 0 Å². The molecule has 0 radical (unpaired) electrons. The smallest absolute Gasteiger partial charge is 0.341 e. The van der Waals surface area contributed by atoms with E-state index in [0.717, 1.165) is 49.8 Å². The van der Waals surface area contributed by atoms with Crippen LogP contribution in [0.5, 0.6) is 5.88 Å². The molecule has 2 aliphatic carbocycles. The molecule has 0 saturated heterocycles. The van der Waals surface area contributed by atoms with Gasteiger partial charge in [-0.15, -0.1) is 0 Å². The number of aryl methyl sites for hydroxylation is 2. The van der Waals surface area contributed by atoms with Gasteiger partial charge in [-0.3, -0.25) is 0 Å². The fraction of sp³-hybridized carbons (Fsp3) is 0.538. The Morgan fingerprint density at radius 3 is 2.82 bits per heavy atom. The summed E-state index contributed by atoms with van der Waals surface area (Å²) in [5, 5.41) is 9.18. The van der Waals surface area contributed by atoms with Gasteiger partial charge in [-0.1, -0.05) is 0 Å². The maximum absolute atomic E-state index is 11.2. The highest BCUT2D eigenvalue weighted by Gasteiger charge is 2.25. The van der Waals surface area contributed by atoms with E-state index in [1.807, 2.05) is 0 Å². The second-order valence-corrected chi connectivity index (χ2v) is 4.78. The lowest BCUT2D eigenvalue weighted by atomic mass is 9.96. The quantitative estimate of drug-likeness (QED) is 0.869. The Labute approximate surface area is 99.6 Å². The minimum atomic E-state index is -0.943. The Bertz CT molecular complexity index is 466. The Morgan fingerprint density at radius 1 is 1.35 bits per heavy atom. The van der Waals surface area contributed by atoms with Crippen molar-refractivity contribution < 1.29 is 14.6 Å². The highest BCUT2D eigenvalue weighted by Crippen LogP contribution is 2.30. The topological polar surface area (TPSA) is 59.4 Å². The molecule has 0 amide bonds. The van der Waals surface area contributed by atoms with Gasteiger partial charge in [-0.25, -0.2) is 9.78 Å². The van der Waals surface area contributed by atoms with Gasteiger partial charge in [0.25, 0.3) is 0 Å². The van der Waals surface area contributed by atoms with Crippen LogP contribution in [-0.2, 0) is 12.8 Å². The van der Waals surface area contributed by atoms with Crippen molar-refractivity contribution in [2.75, 3.05) is 0 Å². The third kappa shape index (κ3) is 1.88. The van der Waals surface area contributed by atoms with Gasteiger partial charge in [-0.2, -0.15) is 0 Å². The monoisotopic (exact) mass is 233 g/mol. The van der Waals surface area contributed by atoms with Gasteiger partial charge >= 0.3 is 5.97 Å². The van der Waals surface area contributed by atoms with Crippen LogP contribution in [0.1, 0.15) is 47.3 Å². The van der Waals surface area contributed by atoms with Gasteiger partial charge in [-0.05, 0) is 50.2 Å². The molecule has 1 aromatic rings. The number of pyridine rings is 1. The lowest BCUT2D eigenvalue weighted by Crippen LogP contribution is -2.26. The van der Waals surface area contributed by atoms with E-state index >= 15 is 0 Å². The van der Waals surface area contributed by atoms with Crippen LogP contribution >= 0.6 is 0 Å². The first-order chi connectivity index (χ1) is 8.24. The number of fused-ring (bicyclic) bond motifs is 1. The lowest BCUT2D eigenvalue weighted by molar-refractivity contribution is 0.0675. The summed E-state index contributed by atoms with van der Waals surface area (Å²) in [5.74, 6) is -0.621. The first-order valence-corrected chi connectivity index (χ1v) is 6.17. The normalized spacial score (nSPS) is 18.6. The van der Waals surface area contributed by atoms with Crippen LogP contribution in [0.4, 0.5) is 0 Å². The fourth-order valence-corrected chi connectivity index (χ4v) is 2.34. The molecule has 90 valence electrons. The maximum atomic E-state index is 11.2. The summed E-state index contributed by atoms with van der Waals surface area (Å²) in [4.78, 5) is 15.6. The molecule has 4 nitrogen and oxygen atoms in total. The van der Waals surface area contributed by atoms with Gasteiger partial charge in [0.2, 0.25) is 5.88 Å². The molecular weight excluding hydrogens is 218 g/mol. The largest absolute Gasteiger partial charge is 0.477 e. The van der Waals surface area contributed by atoms with E-state index in [4.69, 9.17) is 4.74 Å². The molecule has 0 unspecified atom stereocenters. The number of aromatic carboxylic acids is 1. The molecule has 17 heavy (non-hydrogen) atoms. The van der Waals surface area contributed by atoms with E-state index in [1.54, 1.807) is 6.07 Å². The molecule has 0 atom stereocenters. The van der Waals surface area contributed by atoms with Crippen LogP contribution in [-0.4, -0.2) is 22.2 Å². The summed E-state index contributed by atoms with van der Waals surface area (Å²) in [6.45, 7) is 0. The number of carbonyl (C=O) groups is 1. The van der Waals surface area contributed by atoms with Crippen LogP contribution in [0.3, 0.4) is 0 Å². The molecule has 3 rings (SSSR count). The van der Waals surface area contributed by atoms with Crippen LogP contribution in [0.25, 0.3) is 0 Å². The van der Waals surface area contributed by atoms with Crippen LogP contribution in [0, 0.1) is 0 Å². The molecule has 1 fully saturated rings. The Morgan fingerprint density at radius 2 is 2.18 bits per heavy atom. The van der Waals surface area contributed by atoms with Gasteiger partial charge in [0.05, 0.1) is 0 Å². The molecule has 2 aliphatic rings. The molecule has 0 spiro atoms. The third-order valence-electron chi connectivity index (χ3n) is 3.58. The molecule has 1 heterocycles. The fourth-order valence-electron chi connectivity index (χ4n) is 2.34. The lowest BCUT2D eigenvalue weighted by Gasteiger charge is -2.26. The number of nitrogens with zero attached hydrogens (tertiary/aromatic N) is 1. The number of hydrogen-bond donors (Lipinski definition) is 1. The first-order valence-electron chi connectivity index (χ1n) is 6.17. The van der Waals surface area contributed by atoms with Crippen molar-refractivity contribution in [1.29, 1.82) is 0 Å². The average molecular weight is 233 g/mol. The van der Waals surface area contributed by atoms with E-state index in [-0.39, 0.29) is 11.7 Å². The van der Waals surface area contributed by atoms with Crippen LogP contribution in [0.2, 0.25) is 0 Å². The van der Waals surface area contributed by atoms with Gasteiger partial charge in [0.1, 0.15) is 11.7 Å². The van der Waals surface area contributed by atoms with Crippen molar-refractivity contribution in [3.8, 4) is 5.88 Å². The standard InChI is InChI=1S/C13H15NO3/c15-13(16)10-7-8-3-1-6-11(8)14-12(10)17-9-4-2-5-9/h7,9H,1-6H2,(H,15,16). The summed E-state index contributed by atoms with van der Waals surface area (Å²) in [6, 6.07) is 1.74. The van der Waals surface area contributed by atoms with E-state index in [1.165, 1.54) is 0 Å². The minimum Gasteiger partial charge on any atom is -0.477 e. The molecule has 0 aliphatic heterocycles. The van der Waals surface area contributed by atoms with Crippen molar-refractivity contribution in [1.82, 2.24) is 4.98 Å². The maximum Gasteiger partial charge on any atom is 0.341 e. The van der Waals surface area contributed by atoms with Gasteiger partial charge < -0.3 is 9.84 Å². The first kappa shape index (κ1) is 10.6. The SMILES string of the molecule is O=C(O)c1cc2c(nc1OC1CCC1)CCC2. The zero-order chi connectivity index (χ0) is 11.8. The zero-order valence-electron chi connectivity index (χ0n) is 9.61. The van der Waals surface area contributed by atoms with Gasteiger partial charge in [0.15, 0.2) is 0 Å². The minimum absolute atomic E-state index is 0.167. The molecule has 1 saturated carbocycles. The number of hydrogen-bond acceptors (Lipinski definition) is 3. The number of rotatable bonds is 3. The number of carboxylic acid groups (broad SMARTS) is 1. The predicted octanol–water partition coefficient (Wildman–Crippen LogP) is 2.20. The zero-order valence-corrected chi connectivity index (χ0v) is 9.61. The second-order valence-electron chi connectivity index (χ2n) is 4.78. The number of carboxylic acids is 1. The van der Waals surface area contributed by atoms with Crippen LogP contribution < -0.4 is 4.74 Å². The molecule has 0 aromatic carbocycles. The Kier molecular flexibility index (Phi) is 2.50. The molecule has 0 bridgehead atoms. The Balaban J connectivity index is 1.95. The summed E-state index contributed by atoms with van der Waals surface area (Å²) < 4.78 is 5.68. The number of aromatic nitrogens is 1. The Hall–Kier alpha value is -1.58. The summed E-state index contributed by atoms with van der Waals surface area (Å²) in [7, 11) is 0. The average Bonchev–Trinajstić information content (AvgIpc) is 2.68. The van der Waals surface area contributed by atoms with Gasteiger partial charge in [0, 0.05) is 5.69 Å². The third-order valence-corrected chi connectivity index (χ3v) is 3.58. The number of ether oxygens (including phenoxy) is 1. The molecule has 4 heteroatoms. The molecule has 1 N–H and O–H groups in total. The molecular formula is C13H15NO3. The highest BCUT2D eigenvalue weighted by molar-refractivity contribution is 5.90.